The molecule has 42 heavy (non-hydrogen) atoms. The average molecular weight is 654 g/mol. The summed E-state index contributed by atoms with van der Waals surface area (Å²) < 4.78 is 12.0. The van der Waals surface area contributed by atoms with Gasteiger partial charge in [0, 0.05) is 46.6 Å². The third kappa shape index (κ3) is 7.16. The van der Waals surface area contributed by atoms with E-state index in [9.17, 15) is 24.5 Å². The lowest BCUT2D eigenvalue weighted by Gasteiger charge is -2.28. The largest absolute Gasteiger partial charge is 0.488 e. The molecule has 13 heteroatoms. The molecule has 2 saturated heterocycles. The zero-order valence-corrected chi connectivity index (χ0v) is 24.6. The van der Waals surface area contributed by atoms with Gasteiger partial charge in [0.05, 0.1) is 23.0 Å². The van der Waals surface area contributed by atoms with Crippen LogP contribution in [0.3, 0.4) is 0 Å². The van der Waals surface area contributed by atoms with Crippen LogP contribution in [0.2, 0.25) is 0 Å². The number of thioether (sulfide) groups is 1. The minimum Gasteiger partial charge on any atom is -0.488 e. The van der Waals surface area contributed by atoms with Gasteiger partial charge in [0.25, 0.3) is 16.8 Å². The molecule has 0 saturated carbocycles. The van der Waals surface area contributed by atoms with Crippen LogP contribution >= 0.6 is 27.7 Å². The van der Waals surface area contributed by atoms with Crippen LogP contribution in [0.15, 0.2) is 76.1 Å². The highest BCUT2D eigenvalue weighted by Crippen LogP contribution is 2.35. The number of nitrogens with zero attached hydrogens (tertiary/aromatic N) is 3. The normalized spacial score (nSPS) is 16.2. The third-order valence-electron chi connectivity index (χ3n) is 6.50. The molecular weight excluding hydrogens is 628 g/mol. The van der Waals surface area contributed by atoms with Gasteiger partial charge in [0.15, 0.2) is 0 Å². The highest BCUT2D eigenvalue weighted by Gasteiger charge is 2.36. The maximum Gasteiger partial charge on any atom is 0.294 e. The zero-order chi connectivity index (χ0) is 29.6. The summed E-state index contributed by atoms with van der Waals surface area (Å²) in [5, 5.41) is 13.1. The van der Waals surface area contributed by atoms with Crippen LogP contribution in [-0.4, -0.2) is 59.7 Å². The lowest BCUT2D eigenvalue weighted by Crippen LogP contribution is -2.36. The van der Waals surface area contributed by atoms with E-state index in [2.05, 4.69) is 26.1 Å². The second-order valence-corrected chi connectivity index (χ2v) is 11.3. The van der Waals surface area contributed by atoms with Crippen LogP contribution in [-0.2, 0) is 20.9 Å². The Hall–Kier alpha value is -4.20. The number of amides is 3. The van der Waals surface area contributed by atoms with Crippen molar-refractivity contribution < 1.29 is 28.8 Å². The number of anilines is 2. The molecule has 216 valence electrons. The van der Waals surface area contributed by atoms with Gasteiger partial charge in [0.1, 0.15) is 18.9 Å². The first-order valence-corrected chi connectivity index (χ1v) is 14.5. The van der Waals surface area contributed by atoms with Gasteiger partial charge in [-0.05, 0) is 78.0 Å². The van der Waals surface area contributed by atoms with Crippen molar-refractivity contribution in [2.75, 3.05) is 43.1 Å². The fourth-order valence-electron chi connectivity index (χ4n) is 4.34. The standard InChI is InChI=1S/C29H25BrN4O7S/c30-21-3-10-25(41-18-19-1-6-24(7-2-19)34(38)39)20(15-21)16-26-28(36)33(29(37)42-26)17-27(35)31-22-4-8-23(9-5-22)32-11-13-40-14-12-32/h1-10,15-16H,11-14,17-18H2,(H,31,35)/b26-16-. The third-order valence-corrected chi connectivity index (χ3v) is 7.90. The van der Waals surface area contributed by atoms with Crippen molar-refractivity contribution in [1.82, 2.24) is 4.90 Å². The summed E-state index contributed by atoms with van der Waals surface area (Å²) in [7, 11) is 0. The van der Waals surface area contributed by atoms with Gasteiger partial charge >= 0.3 is 0 Å². The Morgan fingerprint density at radius 1 is 1.07 bits per heavy atom. The Labute approximate surface area is 253 Å². The number of ether oxygens (including phenoxy) is 2. The molecule has 0 radical (unpaired) electrons. The molecule has 3 amide bonds. The second-order valence-electron chi connectivity index (χ2n) is 9.36. The minimum absolute atomic E-state index is 0.0193. The van der Waals surface area contributed by atoms with E-state index in [1.807, 2.05) is 12.1 Å². The van der Waals surface area contributed by atoms with Crippen molar-refractivity contribution in [1.29, 1.82) is 0 Å². The van der Waals surface area contributed by atoms with Crippen LogP contribution in [0.1, 0.15) is 11.1 Å². The first kappa shape index (κ1) is 29.3. The fourth-order valence-corrected chi connectivity index (χ4v) is 5.55. The molecule has 0 spiro atoms. The summed E-state index contributed by atoms with van der Waals surface area (Å²) in [6, 6.07) is 18.6. The first-order chi connectivity index (χ1) is 20.3. The Kier molecular flexibility index (Phi) is 9.20. The van der Waals surface area contributed by atoms with Gasteiger partial charge in [-0.1, -0.05) is 15.9 Å². The number of nitrogens with one attached hydrogen (secondary N) is 1. The molecule has 0 bridgehead atoms. The predicted octanol–water partition coefficient (Wildman–Crippen LogP) is 5.45. The number of non-ortho nitro benzene ring substituents is 1. The summed E-state index contributed by atoms with van der Waals surface area (Å²) >= 11 is 4.16. The molecule has 3 aromatic carbocycles. The summed E-state index contributed by atoms with van der Waals surface area (Å²) in [5.41, 5.74) is 2.83. The van der Waals surface area contributed by atoms with Crippen LogP contribution in [0.5, 0.6) is 5.75 Å². The lowest BCUT2D eigenvalue weighted by molar-refractivity contribution is -0.384. The Morgan fingerprint density at radius 2 is 1.79 bits per heavy atom. The van der Waals surface area contributed by atoms with Crippen molar-refractivity contribution in [3.8, 4) is 5.75 Å². The van der Waals surface area contributed by atoms with Crippen molar-refractivity contribution in [3.63, 3.8) is 0 Å². The van der Waals surface area contributed by atoms with E-state index in [1.165, 1.54) is 12.1 Å². The van der Waals surface area contributed by atoms with Crippen LogP contribution in [0.4, 0.5) is 21.9 Å². The van der Waals surface area contributed by atoms with Gasteiger partial charge in [-0.3, -0.25) is 29.4 Å². The van der Waals surface area contributed by atoms with Gasteiger partial charge in [0.2, 0.25) is 5.91 Å². The Morgan fingerprint density at radius 3 is 2.48 bits per heavy atom. The van der Waals surface area contributed by atoms with E-state index in [4.69, 9.17) is 9.47 Å². The number of morpholine rings is 1. The van der Waals surface area contributed by atoms with E-state index in [1.54, 1.807) is 48.5 Å². The van der Waals surface area contributed by atoms with Crippen molar-refractivity contribution >= 4 is 67.9 Å². The van der Waals surface area contributed by atoms with E-state index in [0.717, 1.165) is 45.5 Å². The SMILES string of the molecule is O=C(CN1C(=O)S/C(=C\c2cc(Br)ccc2OCc2ccc([N+](=O)[O-])cc2)C1=O)Nc1ccc(N2CCOCC2)cc1. The summed E-state index contributed by atoms with van der Waals surface area (Å²) in [6.45, 7) is 2.65. The predicted molar refractivity (Wildman–Crippen MR) is 162 cm³/mol. The molecule has 2 aliphatic heterocycles. The molecule has 0 atom stereocenters. The number of hydrogen-bond donors (Lipinski definition) is 1. The molecule has 3 aromatic rings. The number of halogens is 1. The molecule has 2 heterocycles. The number of carbonyl (C=O) groups is 3. The van der Waals surface area contributed by atoms with E-state index in [-0.39, 0.29) is 17.2 Å². The highest BCUT2D eigenvalue weighted by molar-refractivity contribution is 9.10. The molecule has 2 aliphatic rings. The zero-order valence-electron chi connectivity index (χ0n) is 22.2. The lowest BCUT2D eigenvalue weighted by atomic mass is 10.1. The van der Waals surface area contributed by atoms with Gasteiger partial charge < -0.3 is 19.7 Å². The number of nitro benzene ring substituents is 1. The van der Waals surface area contributed by atoms with Gasteiger partial charge in [-0.25, -0.2) is 0 Å². The van der Waals surface area contributed by atoms with E-state index >= 15 is 0 Å². The number of rotatable bonds is 9. The van der Waals surface area contributed by atoms with Crippen molar-refractivity contribution in [2.45, 2.75) is 6.61 Å². The quantitative estimate of drug-likeness (QED) is 0.182. The molecular formula is C29H25BrN4O7S. The number of nitro groups is 1. The molecule has 2 fully saturated rings. The number of benzene rings is 3. The minimum atomic E-state index is -0.580. The monoisotopic (exact) mass is 652 g/mol. The molecule has 5 rings (SSSR count). The van der Waals surface area contributed by atoms with Gasteiger partial charge in [-0.2, -0.15) is 0 Å². The number of carbonyl (C=O) groups excluding carboxylic acids is 3. The van der Waals surface area contributed by atoms with E-state index in [0.29, 0.717) is 30.2 Å². The Bertz CT molecular complexity index is 1540. The number of hydrogen-bond acceptors (Lipinski definition) is 9. The van der Waals surface area contributed by atoms with Crippen molar-refractivity contribution in [3.05, 3.63) is 97.3 Å². The average Bonchev–Trinajstić information content (AvgIpc) is 3.25. The molecule has 11 nitrogen and oxygen atoms in total. The summed E-state index contributed by atoms with van der Waals surface area (Å²) in [4.78, 5) is 52.2. The van der Waals surface area contributed by atoms with Crippen LogP contribution < -0.4 is 15.0 Å². The first-order valence-electron chi connectivity index (χ1n) is 12.9. The van der Waals surface area contributed by atoms with Crippen LogP contribution in [0.25, 0.3) is 6.08 Å². The molecule has 0 aliphatic carbocycles. The Balaban J connectivity index is 1.22. The van der Waals surface area contributed by atoms with Crippen molar-refractivity contribution in [2.24, 2.45) is 0 Å². The smallest absolute Gasteiger partial charge is 0.294 e. The summed E-state index contributed by atoms with van der Waals surface area (Å²) in [6.07, 6.45) is 1.54. The number of imide groups is 1. The molecule has 0 unspecified atom stereocenters. The van der Waals surface area contributed by atoms with E-state index < -0.39 is 28.5 Å². The molecule has 1 N–H and O–H groups in total. The summed E-state index contributed by atoms with van der Waals surface area (Å²) in [5.74, 6) is -0.627. The van der Waals surface area contributed by atoms with Gasteiger partial charge in [-0.15, -0.1) is 0 Å². The fraction of sp³-hybridized carbons (Fsp3) is 0.207. The maximum atomic E-state index is 13.1. The highest BCUT2D eigenvalue weighted by atomic mass is 79.9. The molecule has 0 aromatic heterocycles. The maximum absolute atomic E-state index is 13.1. The second kappa shape index (κ2) is 13.2. The topological polar surface area (TPSA) is 131 Å². The van der Waals surface area contributed by atoms with Crippen LogP contribution in [0, 0.1) is 10.1 Å².